The maximum atomic E-state index is 9.84. The second-order valence-corrected chi connectivity index (χ2v) is 6.44. The number of rotatable bonds is 7. The third-order valence-electron chi connectivity index (χ3n) is 4.81. The fourth-order valence-corrected chi connectivity index (χ4v) is 3.09. The van der Waals surface area contributed by atoms with Crippen LogP contribution in [-0.2, 0) is 0 Å². The highest BCUT2D eigenvalue weighted by Crippen LogP contribution is 2.35. The van der Waals surface area contributed by atoms with Gasteiger partial charge in [-0.2, -0.15) is 0 Å². The van der Waals surface area contributed by atoms with E-state index in [0.29, 0.717) is 12.3 Å². The van der Waals surface area contributed by atoms with Gasteiger partial charge in [0.1, 0.15) is 6.10 Å². The molecule has 1 unspecified atom stereocenters. The Morgan fingerprint density at radius 2 is 1.58 bits per heavy atom. The Kier molecular flexibility index (Phi) is 7.29. The van der Waals surface area contributed by atoms with E-state index in [0.717, 1.165) is 18.3 Å². The highest BCUT2D eigenvalue weighted by molar-refractivity contribution is 4.79. The molecular weight excluding hydrogens is 242 g/mol. The lowest BCUT2D eigenvalue weighted by Gasteiger charge is -2.31. The molecule has 0 amide bonds. The van der Waals surface area contributed by atoms with Gasteiger partial charge in [-0.05, 0) is 43.4 Å². The molecule has 114 valence electrons. The van der Waals surface area contributed by atoms with E-state index >= 15 is 0 Å². The van der Waals surface area contributed by atoms with Gasteiger partial charge in [0.25, 0.3) is 0 Å². The molecule has 0 radical (unpaired) electrons. The average Bonchev–Trinajstić information content (AvgIpc) is 2.43. The van der Waals surface area contributed by atoms with Gasteiger partial charge in [0.2, 0.25) is 0 Å². The van der Waals surface area contributed by atoms with E-state index in [1.165, 1.54) is 25.7 Å². The maximum Gasteiger partial charge on any atom is 0.107 e. The van der Waals surface area contributed by atoms with E-state index in [9.17, 15) is 15.3 Å². The summed E-state index contributed by atoms with van der Waals surface area (Å²) in [5.74, 6) is 2.18. The lowest BCUT2D eigenvalue weighted by molar-refractivity contribution is -0.0600. The molecule has 4 heteroatoms. The summed E-state index contributed by atoms with van der Waals surface area (Å²) in [6, 6.07) is 0. The van der Waals surface area contributed by atoms with Crippen molar-refractivity contribution in [1.29, 1.82) is 0 Å². The van der Waals surface area contributed by atoms with Gasteiger partial charge in [-0.1, -0.05) is 26.7 Å². The summed E-state index contributed by atoms with van der Waals surface area (Å²) in [7, 11) is 0. The van der Waals surface area contributed by atoms with Gasteiger partial charge in [-0.15, -0.1) is 0 Å². The van der Waals surface area contributed by atoms with Crippen molar-refractivity contribution in [3.05, 3.63) is 0 Å². The van der Waals surface area contributed by atoms with Crippen molar-refractivity contribution in [2.45, 2.75) is 70.7 Å². The minimum Gasteiger partial charge on any atom is -0.390 e. The molecule has 1 aliphatic carbocycles. The summed E-state index contributed by atoms with van der Waals surface area (Å²) < 4.78 is 0. The largest absolute Gasteiger partial charge is 0.390 e. The molecule has 5 N–H and O–H groups in total. The number of aliphatic hydroxyl groups excluding tert-OH is 3. The van der Waals surface area contributed by atoms with Crippen molar-refractivity contribution in [3.63, 3.8) is 0 Å². The van der Waals surface area contributed by atoms with Gasteiger partial charge in [0.15, 0.2) is 0 Å². The molecule has 0 aromatic carbocycles. The first-order chi connectivity index (χ1) is 8.95. The van der Waals surface area contributed by atoms with E-state index in [4.69, 9.17) is 5.73 Å². The first-order valence-corrected chi connectivity index (χ1v) is 7.70. The molecule has 4 nitrogen and oxygen atoms in total. The van der Waals surface area contributed by atoms with Gasteiger partial charge in [0.05, 0.1) is 12.2 Å². The normalized spacial score (nSPS) is 30.6. The highest BCUT2D eigenvalue weighted by atomic mass is 16.4. The number of nitrogens with two attached hydrogens (primary N) is 1. The molecule has 0 saturated heterocycles. The van der Waals surface area contributed by atoms with Gasteiger partial charge in [0, 0.05) is 6.54 Å². The summed E-state index contributed by atoms with van der Waals surface area (Å²) in [6.07, 6.45) is 3.60. The van der Waals surface area contributed by atoms with Crippen LogP contribution in [0.25, 0.3) is 0 Å². The molecule has 19 heavy (non-hydrogen) atoms. The van der Waals surface area contributed by atoms with Crippen LogP contribution >= 0.6 is 0 Å². The molecule has 0 spiro atoms. The average molecular weight is 273 g/mol. The minimum absolute atomic E-state index is 0.0195. The quantitative estimate of drug-likeness (QED) is 0.562. The smallest absolute Gasteiger partial charge is 0.107 e. The third-order valence-corrected chi connectivity index (χ3v) is 4.81. The van der Waals surface area contributed by atoms with Crippen LogP contribution in [0.4, 0.5) is 0 Å². The molecular formula is C15H31NO3. The summed E-state index contributed by atoms with van der Waals surface area (Å²) in [4.78, 5) is 0. The fourth-order valence-electron chi connectivity index (χ4n) is 3.09. The van der Waals surface area contributed by atoms with Gasteiger partial charge in [-0.25, -0.2) is 0 Å². The second-order valence-electron chi connectivity index (χ2n) is 6.44. The zero-order valence-electron chi connectivity index (χ0n) is 12.3. The van der Waals surface area contributed by atoms with Crippen molar-refractivity contribution in [1.82, 2.24) is 0 Å². The number of aliphatic hydroxyl groups is 3. The van der Waals surface area contributed by atoms with Crippen molar-refractivity contribution in [3.8, 4) is 0 Å². The zero-order valence-corrected chi connectivity index (χ0v) is 12.3. The number of hydrogen-bond donors (Lipinski definition) is 4. The van der Waals surface area contributed by atoms with E-state index in [-0.39, 0.29) is 6.54 Å². The van der Waals surface area contributed by atoms with Crippen LogP contribution in [0.5, 0.6) is 0 Å². The van der Waals surface area contributed by atoms with Crippen molar-refractivity contribution in [2.75, 3.05) is 6.54 Å². The van der Waals surface area contributed by atoms with Crippen LogP contribution in [0.3, 0.4) is 0 Å². The Hall–Kier alpha value is -0.160. The SMILES string of the molecule is CC1CCC(C(C)CC[C@@H](O)[C@@H](O)[C@@H](O)CN)CC1. The van der Waals surface area contributed by atoms with Gasteiger partial charge < -0.3 is 21.1 Å². The van der Waals surface area contributed by atoms with Crippen molar-refractivity contribution in [2.24, 2.45) is 23.5 Å². The topological polar surface area (TPSA) is 86.7 Å². The minimum atomic E-state index is -1.12. The monoisotopic (exact) mass is 273 g/mol. The summed E-state index contributed by atoms with van der Waals surface area (Å²) in [5.41, 5.74) is 5.28. The first-order valence-electron chi connectivity index (χ1n) is 7.70. The van der Waals surface area contributed by atoms with Crippen LogP contribution in [0.1, 0.15) is 52.4 Å². The Balaban J connectivity index is 2.27. The van der Waals surface area contributed by atoms with Crippen LogP contribution in [0, 0.1) is 17.8 Å². The van der Waals surface area contributed by atoms with Crippen molar-refractivity contribution >= 4 is 0 Å². The predicted molar refractivity (Wildman–Crippen MR) is 76.6 cm³/mol. The molecule has 0 aromatic heterocycles. The van der Waals surface area contributed by atoms with E-state index in [2.05, 4.69) is 13.8 Å². The maximum absolute atomic E-state index is 9.84. The van der Waals surface area contributed by atoms with E-state index in [1.54, 1.807) is 0 Å². The van der Waals surface area contributed by atoms with Crippen molar-refractivity contribution < 1.29 is 15.3 Å². The standard InChI is InChI=1S/C15H31NO3/c1-10-3-6-12(7-4-10)11(2)5-8-13(17)15(19)14(18)9-16/h10-15,17-19H,3-9,16H2,1-2H3/t10?,11?,12?,13-,14+,15-/m1/s1. The summed E-state index contributed by atoms with van der Waals surface area (Å²) in [6.45, 7) is 4.53. The molecule has 0 aliphatic heterocycles. The van der Waals surface area contributed by atoms with E-state index in [1.807, 2.05) is 0 Å². The molecule has 1 rings (SSSR count). The van der Waals surface area contributed by atoms with Crippen LogP contribution in [0.2, 0.25) is 0 Å². The van der Waals surface area contributed by atoms with Crippen LogP contribution in [-0.4, -0.2) is 40.2 Å². The van der Waals surface area contributed by atoms with Gasteiger partial charge in [-0.3, -0.25) is 0 Å². The van der Waals surface area contributed by atoms with Crippen LogP contribution < -0.4 is 5.73 Å². The molecule has 0 bridgehead atoms. The lowest BCUT2D eigenvalue weighted by atomic mass is 9.75. The molecule has 0 heterocycles. The Labute approximate surface area is 117 Å². The summed E-state index contributed by atoms with van der Waals surface area (Å²) in [5, 5.41) is 28.9. The fraction of sp³-hybridized carbons (Fsp3) is 1.00. The zero-order chi connectivity index (χ0) is 14.4. The summed E-state index contributed by atoms with van der Waals surface area (Å²) >= 11 is 0. The highest BCUT2D eigenvalue weighted by Gasteiger charge is 2.27. The van der Waals surface area contributed by atoms with Crippen LogP contribution in [0.15, 0.2) is 0 Å². The predicted octanol–water partition coefficient (Wildman–Crippen LogP) is 1.27. The lowest BCUT2D eigenvalue weighted by Crippen LogP contribution is -2.41. The van der Waals surface area contributed by atoms with Gasteiger partial charge >= 0.3 is 0 Å². The molecule has 1 saturated carbocycles. The second kappa shape index (κ2) is 8.20. The number of hydrogen-bond acceptors (Lipinski definition) is 4. The van der Waals surface area contributed by atoms with E-state index < -0.39 is 18.3 Å². The third kappa shape index (κ3) is 5.38. The molecule has 1 fully saturated rings. The first kappa shape index (κ1) is 16.9. The molecule has 4 atom stereocenters. The Bertz CT molecular complexity index is 242. The Morgan fingerprint density at radius 1 is 1.00 bits per heavy atom. The molecule has 1 aliphatic rings. The Morgan fingerprint density at radius 3 is 2.11 bits per heavy atom. The molecule has 0 aromatic rings.